The molecule has 0 unspecified atom stereocenters. The van der Waals surface area contributed by atoms with Crippen molar-refractivity contribution >= 4 is 39.1 Å². The van der Waals surface area contributed by atoms with Crippen LogP contribution >= 0.6 is 11.6 Å². The van der Waals surface area contributed by atoms with Crippen molar-refractivity contribution < 1.29 is 18.0 Å². The minimum atomic E-state index is -3.57. The highest BCUT2D eigenvalue weighted by Crippen LogP contribution is 2.31. The molecule has 33 heavy (non-hydrogen) atoms. The fourth-order valence-corrected chi connectivity index (χ4v) is 6.12. The molecule has 2 amide bonds. The summed E-state index contributed by atoms with van der Waals surface area (Å²) in [6, 6.07) is 12.1. The van der Waals surface area contributed by atoms with Crippen LogP contribution in [0.15, 0.2) is 47.4 Å². The van der Waals surface area contributed by atoms with Gasteiger partial charge in [0.25, 0.3) is 0 Å². The molecule has 0 radical (unpaired) electrons. The van der Waals surface area contributed by atoms with E-state index in [-0.39, 0.29) is 29.8 Å². The van der Waals surface area contributed by atoms with E-state index in [0.29, 0.717) is 43.1 Å². The minimum absolute atomic E-state index is 0.130. The summed E-state index contributed by atoms with van der Waals surface area (Å²) in [4.78, 5) is 27.1. The zero-order valence-electron chi connectivity index (χ0n) is 18.4. The number of amides is 2. The molecule has 0 spiro atoms. The highest BCUT2D eigenvalue weighted by Gasteiger charge is 2.29. The number of fused-ring (bicyclic) bond motifs is 1. The molecule has 1 saturated heterocycles. The van der Waals surface area contributed by atoms with Crippen LogP contribution in [0.1, 0.15) is 43.2 Å². The van der Waals surface area contributed by atoms with E-state index in [0.717, 1.165) is 30.4 Å². The van der Waals surface area contributed by atoms with Crippen LogP contribution in [0.2, 0.25) is 5.02 Å². The van der Waals surface area contributed by atoms with Gasteiger partial charge in [-0.25, -0.2) is 8.42 Å². The number of anilines is 1. The van der Waals surface area contributed by atoms with Crippen molar-refractivity contribution in [2.75, 3.05) is 24.5 Å². The fraction of sp³-hybridized carbons (Fsp3) is 0.417. The summed E-state index contributed by atoms with van der Waals surface area (Å²) in [6.45, 7) is 1.21. The lowest BCUT2D eigenvalue weighted by molar-refractivity contribution is -0.123. The first-order valence-corrected chi connectivity index (χ1v) is 13.1. The molecule has 0 atom stereocenters. The number of hydrogen-bond donors (Lipinski definition) is 1. The number of rotatable bonds is 6. The normalized spacial score (nSPS) is 17.4. The second kappa shape index (κ2) is 10.2. The summed E-state index contributed by atoms with van der Waals surface area (Å²) in [5.74, 6) is -0.450. The molecule has 2 aliphatic heterocycles. The van der Waals surface area contributed by atoms with Gasteiger partial charge in [0, 0.05) is 36.8 Å². The lowest BCUT2D eigenvalue weighted by Gasteiger charge is -2.27. The number of hydrogen-bond acceptors (Lipinski definition) is 4. The minimum Gasteiger partial charge on any atom is -0.350 e. The van der Waals surface area contributed by atoms with E-state index < -0.39 is 10.0 Å². The maximum absolute atomic E-state index is 13.1. The highest BCUT2D eigenvalue weighted by atomic mass is 35.5. The van der Waals surface area contributed by atoms with E-state index in [1.165, 1.54) is 4.90 Å². The van der Waals surface area contributed by atoms with Gasteiger partial charge in [-0.2, -0.15) is 4.31 Å². The Morgan fingerprint density at radius 2 is 1.76 bits per heavy atom. The van der Waals surface area contributed by atoms with Crippen LogP contribution in [-0.2, 0) is 32.6 Å². The fourth-order valence-electron chi connectivity index (χ4n) is 4.35. The van der Waals surface area contributed by atoms with Gasteiger partial charge in [-0.05, 0) is 61.1 Å². The van der Waals surface area contributed by atoms with E-state index in [1.807, 2.05) is 18.2 Å². The third kappa shape index (κ3) is 5.39. The van der Waals surface area contributed by atoms with Crippen LogP contribution in [0.5, 0.6) is 0 Å². The lowest BCUT2D eigenvalue weighted by atomic mass is 10.1. The zero-order chi connectivity index (χ0) is 23.4. The van der Waals surface area contributed by atoms with Crippen molar-refractivity contribution in [2.45, 2.75) is 50.0 Å². The van der Waals surface area contributed by atoms with Gasteiger partial charge in [0.1, 0.15) is 6.54 Å². The molecule has 2 aliphatic rings. The number of benzene rings is 2. The smallest absolute Gasteiger partial charge is 0.243 e. The Bertz CT molecular complexity index is 1150. The van der Waals surface area contributed by atoms with Crippen molar-refractivity contribution in [3.8, 4) is 0 Å². The van der Waals surface area contributed by atoms with Crippen LogP contribution in [-0.4, -0.2) is 44.2 Å². The third-order valence-electron chi connectivity index (χ3n) is 6.17. The number of carbonyl (C=O) groups is 2. The van der Waals surface area contributed by atoms with E-state index >= 15 is 0 Å². The summed E-state index contributed by atoms with van der Waals surface area (Å²) >= 11 is 6.15. The standard InChI is InChI=1S/C24H28ClN3O4S/c25-21-9-3-2-7-19(21)16-26-23(29)17-28-22-12-11-20(15-18(22)8-6-10-24(28)30)33(31,32)27-13-4-1-5-14-27/h2-3,7,9,11-12,15H,1,4-6,8,10,13-14,16-17H2,(H,26,29). The molecule has 7 nitrogen and oxygen atoms in total. The number of piperidine rings is 1. The highest BCUT2D eigenvalue weighted by molar-refractivity contribution is 7.89. The average molecular weight is 490 g/mol. The van der Waals surface area contributed by atoms with Gasteiger partial charge in [0.2, 0.25) is 21.8 Å². The molecule has 0 aromatic heterocycles. The van der Waals surface area contributed by atoms with Crippen LogP contribution in [0.4, 0.5) is 5.69 Å². The maximum atomic E-state index is 13.1. The number of sulfonamides is 1. The van der Waals surface area contributed by atoms with Gasteiger partial charge >= 0.3 is 0 Å². The number of carbonyl (C=O) groups excluding carboxylic acids is 2. The molecule has 9 heteroatoms. The van der Waals surface area contributed by atoms with Gasteiger partial charge in [-0.1, -0.05) is 36.2 Å². The second-order valence-electron chi connectivity index (χ2n) is 8.46. The van der Waals surface area contributed by atoms with Crippen molar-refractivity contribution in [1.29, 1.82) is 0 Å². The molecule has 0 bridgehead atoms. The van der Waals surface area contributed by atoms with Crippen molar-refractivity contribution in [1.82, 2.24) is 9.62 Å². The Kier molecular flexibility index (Phi) is 7.36. The molecule has 2 heterocycles. The van der Waals surface area contributed by atoms with Gasteiger partial charge in [0.05, 0.1) is 4.90 Å². The molecule has 176 valence electrons. The average Bonchev–Trinajstić information content (AvgIpc) is 2.97. The van der Waals surface area contributed by atoms with Gasteiger partial charge in [0.15, 0.2) is 0 Å². The molecular weight excluding hydrogens is 462 g/mol. The van der Waals surface area contributed by atoms with Gasteiger partial charge < -0.3 is 10.2 Å². The van der Waals surface area contributed by atoms with Crippen LogP contribution in [0, 0.1) is 0 Å². The lowest BCUT2D eigenvalue weighted by Crippen LogP contribution is -2.40. The Hall–Kier alpha value is -2.42. The number of aryl methyl sites for hydroxylation is 1. The van der Waals surface area contributed by atoms with E-state index in [4.69, 9.17) is 11.6 Å². The Morgan fingerprint density at radius 3 is 2.52 bits per heavy atom. The summed E-state index contributed by atoms with van der Waals surface area (Å²) in [5, 5.41) is 3.38. The molecule has 0 aliphatic carbocycles. The third-order valence-corrected chi connectivity index (χ3v) is 8.43. The largest absolute Gasteiger partial charge is 0.350 e. The first-order chi connectivity index (χ1) is 15.9. The second-order valence-corrected chi connectivity index (χ2v) is 10.8. The predicted octanol–water partition coefficient (Wildman–Crippen LogP) is 3.50. The zero-order valence-corrected chi connectivity index (χ0v) is 20.0. The van der Waals surface area contributed by atoms with Gasteiger partial charge in [-0.15, -0.1) is 0 Å². The summed E-state index contributed by atoms with van der Waals surface area (Å²) < 4.78 is 27.7. The summed E-state index contributed by atoms with van der Waals surface area (Å²) in [7, 11) is -3.57. The number of nitrogens with zero attached hydrogens (tertiary/aromatic N) is 2. The maximum Gasteiger partial charge on any atom is 0.243 e. The molecule has 2 aromatic rings. The quantitative estimate of drug-likeness (QED) is 0.672. The molecule has 0 saturated carbocycles. The summed E-state index contributed by atoms with van der Waals surface area (Å²) in [5.41, 5.74) is 2.17. The van der Waals surface area contributed by atoms with E-state index in [2.05, 4.69) is 5.32 Å². The molecule has 2 aromatic carbocycles. The molecular formula is C24H28ClN3O4S. The first-order valence-electron chi connectivity index (χ1n) is 11.3. The first kappa shape index (κ1) is 23.7. The van der Waals surface area contributed by atoms with Crippen molar-refractivity contribution in [3.63, 3.8) is 0 Å². The Labute approximate surface area is 199 Å². The number of halogens is 1. The number of nitrogens with one attached hydrogen (secondary N) is 1. The Morgan fingerprint density at radius 1 is 1.00 bits per heavy atom. The van der Waals surface area contributed by atoms with Crippen LogP contribution < -0.4 is 10.2 Å². The SMILES string of the molecule is O=C(CN1C(=O)CCCc2cc(S(=O)(=O)N3CCCCC3)ccc21)NCc1ccccc1Cl. The molecule has 1 N–H and O–H groups in total. The van der Waals surface area contributed by atoms with Gasteiger partial charge in [-0.3, -0.25) is 9.59 Å². The van der Waals surface area contributed by atoms with Crippen molar-refractivity contribution in [2.24, 2.45) is 0 Å². The Balaban J connectivity index is 1.52. The predicted molar refractivity (Wildman–Crippen MR) is 128 cm³/mol. The monoisotopic (exact) mass is 489 g/mol. The van der Waals surface area contributed by atoms with E-state index in [1.54, 1.807) is 28.6 Å². The van der Waals surface area contributed by atoms with Crippen LogP contribution in [0.3, 0.4) is 0 Å². The van der Waals surface area contributed by atoms with Crippen LogP contribution in [0.25, 0.3) is 0 Å². The summed E-state index contributed by atoms with van der Waals surface area (Å²) in [6.07, 6.45) is 4.29. The van der Waals surface area contributed by atoms with E-state index in [9.17, 15) is 18.0 Å². The topological polar surface area (TPSA) is 86.8 Å². The van der Waals surface area contributed by atoms with Crippen molar-refractivity contribution in [3.05, 3.63) is 58.6 Å². The molecule has 1 fully saturated rings. The molecule has 4 rings (SSSR count).